The molecule has 0 bridgehead atoms. The van der Waals surface area contributed by atoms with Gasteiger partial charge in [0, 0.05) is 6.07 Å². The van der Waals surface area contributed by atoms with E-state index in [0.717, 1.165) is 28.2 Å². The van der Waals surface area contributed by atoms with Gasteiger partial charge >= 0.3 is 5.97 Å². The Hall–Kier alpha value is -2.50. The van der Waals surface area contributed by atoms with Gasteiger partial charge in [0.15, 0.2) is 0 Å². The number of nitrogens with two attached hydrogens (primary N) is 1. The summed E-state index contributed by atoms with van der Waals surface area (Å²) in [5.41, 5.74) is 8.40. The molecule has 134 valence electrons. The van der Waals surface area contributed by atoms with Crippen molar-refractivity contribution in [2.75, 3.05) is 14.2 Å². The zero-order chi connectivity index (χ0) is 17.5. The Morgan fingerprint density at radius 1 is 1.04 bits per heavy atom. The molecule has 0 amide bonds. The minimum absolute atomic E-state index is 0. The highest BCUT2D eigenvalue weighted by Crippen LogP contribution is 2.23. The van der Waals surface area contributed by atoms with Gasteiger partial charge in [-0.25, -0.2) is 0 Å². The highest BCUT2D eigenvalue weighted by Gasteiger charge is 2.11. The van der Waals surface area contributed by atoms with Crippen LogP contribution in [0.15, 0.2) is 42.5 Å². The number of hydrogen-bond acceptors (Lipinski definition) is 4. The average molecular weight is 364 g/mol. The minimum Gasteiger partial charge on any atom is -0.497 e. The van der Waals surface area contributed by atoms with E-state index in [0.29, 0.717) is 6.42 Å². The maximum Gasteiger partial charge on any atom is 0.320 e. The van der Waals surface area contributed by atoms with Crippen LogP contribution in [0.3, 0.4) is 0 Å². The lowest BCUT2D eigenvalue weighted by molar-refractivity contribution is -0.138. The fourth-order valence-electron chi connectivity index (χ4n) is 2.22. The van der Waals surface area contributed by atoms with Crippen molar-refractivity contribution in [3.8, 4) is 11.5 Å². The Kier molecular flexibility index (Phi) is 7.98. The first kappa shape index (κ1) is 20.5. The van der Waals surface area contributed by atoms with Gasteiger partial charge < -0.3 is 20.3 Å². The predicted octanol–water partition coefficient (Wildman–Crippen LogP) is 3.25. The fourth-order valence-corrected chi connectivity index (χ4v) is 2.22. The molecule has 1 unspecified atom stereocenters. The second-order valence-corrected chi connectivity index (χ2v) is 5.37. The van der Waals surface area contributed by atoms with Gasteiger partial charge in [-0.1, -0.05) is 36.4 Å². The molecule has 0 heterocycles. The van der Waals surface area contributed by atoms with Gasteiger partial charge in [0.1, 0.15) is 17.5 Å². The van der Waals surface area contributed by atoms with E-state index in [1.165, 1.54) is 0 Å². The number of benzene rings is 2. The second-order valence-electron chi connectivity index (χ2n) is 5.37. The van der Waals surface area contributed by atoms with Gasteiger partial charge in [0.2, 0.25) is 0 Å². The van der Waals surface area contributed by atoms with Gasteiger partial charge in [0.25, 0.3) is 0 Å². The van der Waals surface area contributed by atoms with E-state index in [-0.39, 0.29) is 12.4 Å². The second kappa shape index (κ2) is 9.71. The Balaban J connectivity index is 0.00000312. The third kappa shape index (κ3) is 6.14. The summed E-state index contributed by atoms with van der Waals surface area (Å²) in [6.45, 7) is 0. The number of carboxylic acid groups (broad SMARTS) is 1. The summed E-state index contributed by atoms with van der Waals surface area (Å²) in [4.78, 5) is 10.8. The largest absolute Gasteiger partial charge is 0.497 e. The molecule has 2 aromatic carbocycles. The smallest absolute Gasteiger partial charge is 0.320 e. The van der Waals surface area contributed by atoms with E-state index in [2.05, 4.69) is 0 Å². The summed E-state index contributed by atoms with van der Waals surface area (Å²) in [6, 6.07) is 12.4. The molecule has 2 aromatic rings. The monoisotopic (exact) mass is 363 g/mol. The summed E-state index contributed by atoms with van der Waals surface area (Å²) in [7, 11) is 3.23. The van der Waals surface area contributed by atoms with Crippen LogP contribution in [-0.4, -0.2) is 31.3 Å². The maximum atomic E-state index is 10.8. The van der Waals surface area contributed by atoms with E-state index in [1.807, 2.05) is 54.6 Å². The molecule has 25 heavy (non-hydrogen) atoms. The van der Waals surface area contributed by atoms with Crippen LogP contribution in [0.1, 0.15) is 16.7 Å². The maximum absolute atomic E-state index is 10.8. The lowest BCUT2D eigenvalue weighted by atomic mass is 10.0. The van der Waals surface area contributed by atoms with Crippen LogP contribution in [0.25, 0.3) is 12.2 Å². The quantitative estimate of drug-likeness (QED) is 0.738. The Bertz CT molecular complexity index is 706. The standard InChI is InChI=1S/C19H21NO4.ClH/c1-23-16-9-15(10-17(12-16)24-2)8-5-13-3-6-14(7-4-13)11-18(20)19(21)22;/h3-10,12,18H,11,20H2,1-2H3,(H,21,22);1H/b8-5+;. The Morgan fingerprint density at radius 3 is 2.04 bits per heavy atom. The fraction of sp³-hybridized carbons (Fsp3) is 0.211. The van der Waals surface area contributed by atoms with Gasteiger partial charge in [-0.05, 0) is 35.2 Å². The van der Waals surface area contributed by atoms with Crippen LogP contribution < -0.4 is 15.2 Å². The number of halogens is 1. The van der Waals surface area contributed by atoms with Gasteiger partial charge in [-0.15, -0.1) is 12.4 Å². The van der Waals surface area contributed by atoms with E-state index >= 15 is 0 Å². The van der Waals surface area contributed by atoms with Crippen LogP contribution in [0, 0.1) is 0 Å². The van der Waals surface area contributed by atoms with E-state index < -0.39 is 12.0 Å². The summed E-state index contributed by atoms with van der Waals surface area (Å²) >= 11 is 0. The first-order chi connectivity index (χ1) is 11.5. The van der Waals surface area contributed by atoms with Crippen LogP contribution in [-0.2, 0) is 11.2 Å². The predicted molar refractivity (Wildman–Crippen MR) is 101 cm³/mol. The normalized spacial score (nSPS) is 11.6. The van der Waals surface area contributed by atoms with Crippen molar-refractivity contribution in [3.05, 3.63) is 59.2 Å². The molecule has 0 radical (unpaired) electrons. The number of methoxy groups -OCH3 is 2. The molecule has 0 saturated heterocycles. The highest BCUT2D eigenvalue weighted by atomic mass is 35.5. The number of aliphatic carboxylic acids is 1. The van der Waals surface area contributed by atoms with Crippen molar-refractivity contribution < 1.29 is 19.4 Å². The topological polar surface area (TPSA) is 81.8 Å². The first-order valence-electron chi connectivity index (χ1n) is 7.50. The molecule has 0 saturated carbocycles. The number of carbonyl (C=O) groups is 1. The molecular formula is C19H22ClNO4. The van der Waals surface area contributed by atoms with Crippen molar-refractivity contribution >= 4 is 30.5 Å². The number of ether oxygens (including phenoxy) is 2. The zero-order valence-electron chi connectivity index (χ0n) is 14.1. The van der Waals surface area contributed by atoms with Crippen molar-refractivity contribution in [2.24, 2.45) is 5.73 Å². The number of rotatable bonds is 7. The van der Waals surface area contributed by atoms with Crippen molar-refractivity contribution in [3.63, 3.8) is 0 Å². The Labute approximate surface area is 153 Å². The Morgan fingerprint density at radius 2 is 1.56 bits per heavy atom. The third-order valence-corrected chi connectivity index (χ3v) is 3.59. The lowest BCUT2D eigenvalue weighted by Gasteiger charge is -2.07. The number of hydrogen-bond donors (Lipinski definition) is 2. The van der Waals surface area contributed by atoms with Gasteiger partial charge in [-0.2, -0.15) is 0 Å². The summed E-state index contributed by atoms with van der Waals surface area (Å²) in [6.07, 6.45) is 4.24. The molecule has 0 aliphatic heterocycles. The molecular weight excluding hydrogens is 342 g/mol. The van der Waals surface area contributed by atoms with E-state index in [1.54, 1.807) is 14.2 Å². The molecule has 0 aliphatic rings. The van der Waals surface area contributed by atoms with Gasteiger partial charge in [-0.3, -0.25) is 4.79 Å². The van der Waals surface area contributed by atoms with E-state index in [4.69, 9.17) is 20.3 Å². The molecule has 0 aromatic heterocycles. The first-order valence-corrected chi connectivity index (χ1v) is 7.50. The molecule has 0 fully saturated rings. The molecule has 0 aliphatic carbocycles. The van der Waals surface area contributed by atoms with Crippen molar-refractivity contribution in [2.45, 2.75) is 12.5 Å². The SMILES string of the molecule is COc1cc(/C=C/c2ccc(CC(N)C(=O)O)cc2)cc(OC)c1.Cl. The third-order valence-electron chi connectivity index (χ3n) is 3.59. The minimum atomic E-state index is -0.994. The number of carboxylic acids is 1. The van der Waals surface area contributed by atoms with Crippen LogP contribution >= 0.6 is 12.4 Å². The van der Waals surface area contributed by atoms with Crippen LogP contribution in [0.5, 0.6) is 11.5 Å². The molecule has 5 nitrogen and oxygen atoms in total. The van der Waals surface area contributed by atoms with Crippen LogP contribution in [0.4, 0.5) is 0 Å². The zero-order valence-corrected chi connectivity index (χ0v) is 15.0. The molecule has 2 rings (SSSR count). The van der Waals surface area contributed by atoms with Crippen molar-refractivity contribution in [1.29, 1.82) is 0 Å². The molecule has 3 N–H and O–H groups in total. The summed E-state index contributed by atoms with van der Waals surface area (Å²) in [5.74, 6) is 0.463. The summed E-state index contributed by atoms with van der Waals surface area (Å²) < 4.78 is 10.5. The van der Waals surface area contributed by atoms with Gasteiger partial charge in [0.05, 0.1) is 14.2 Å². The molecule has 6 heteroatoms. The molecule has 1 atom stereocenters. The van der Waals surface area contributed by atoms with E-state index in [9.17, 15) is 4.79 Å². The highest BCUT2D eigenvalue weighted by molar-refractivity contribution is 5.85. The summed E-state index contributed by atoms with van der Waals surface area (Å²) in [5, 5.41) is 8.84. The molecule has 0 spiro atoms. The van der Waals surface area contributed by atoms with Crippen LogP contribution in [0.2, 0.25) is 0 Å². The lowest BCUT2D eigenvalue weighted by Crippen LogP contribution is -2.32. The van der Waals surface area contributed by atoms with Crippen molar-refractivity contribution in [1.82, 2.24) is 0 Å². The average Bonchev–Trinajstić information content (AvgIpc) is 2.60.